The molecule has 1 saturated heterocycles. The van der Waals surface area contributed by atoms with Crippen molar-refractivity contribution in [3.05, 3.63) is 4.91 Å². The molecule has 0 aliphatic carbocycles. The third-order valence-electron chi connectivity index (χ3n) is 1.04. The lowest BCUT2D eigenvalue weighted by Gasteiger charge is -2.02. The fourth-order valence-electron chi connectivity index (χ4n) is 0.649. The standard InChI is InChI=1S/C4H7N3OS/c1-5-4-7(6-8)2-3-9-4/h2-3H2,1H3. The molecular weight excluding hydrogens is 138 g/mol. The molecular formula is C4H7N3OS. The molecule has 0 radical (unpaired) electrons. The highest BCUT2D eigenvalue weighted by Crippen LogP contribution is 2.16. The van der Waals surface area contributed by atoms with Crippen LogP contribution in [0.25, 0.3) is 0 Å². The maximum atomic E-state index is 9.96. The second kappa shape index (κ2) is 2.82. The Balaban J connectivity index is 2.62. The van der Waals surface area contributed by atoms with Crippen LogP contribution in [0, 0.1) is 4.91 Å². The molecule has 0 saturated carbocycles. The maximum absolute atomic E-state index is 9.96. The SMILES string of the molecule is CN=C1SCCN1N=O. The van der Waals surface area contributed by atoms with Gasteiger partial charge in [-0.2, -0.15) is 0 Å². The smallest absolute Gasteiger partial charge is 0.182 e. The third-order valence-corrected chi connectivity index (χ3v) is 2.08. The summed E-state index contributed by atoms with van der Waals surface area (Å²) in [7, 11) is 1.66. The quantitative estimate of drug-likeness (QED) is 0.510. The van der Waals surface area contributed by atoms with Gasteiger partial charge in [0, 0.05) is 12.8 Å². The van der Waals surface area contributed by atoms with Crippen LogP contribution in [0.3, 0.4) is 0 Å². The monoisotopic (exact) mass is 145 g/mol. The highest BCUT2D eigenvalue weighted by molar-refractivity contribution is 8.14. The van der Waals surface area contributed by atoms with Gasteiger partial charge in [0.15, 0.2) is 5.17 Å². The van der Waals surface area contributed by atoms with E-state index in [2.05, 4.69) is 10.3 Å². The number of rotatable bonds is 1. The number of nitroso groups, excluding NO2 is 1. The van der Waals surface area contributed by atoms with Crippen molar-refractivity contribution in [1.29, 1.82) is 0 Å². The van der Waals surface area contributed by atoms with E-state index in [4.69, 9.17) is 0 Å². The van der Waals surface area contributed by atoms with E-state index in [1.807, 2.05) is 0 Å². The van der Waals surface area contributed by atoms with Crippen LogP contribution in [0.5, 0.6) is 0 Å². The molecule has 4 nitrogen and oxygen atoms in total. The van der Waals surface area contributed by atoms with Gasteiger partial charge in [0.05, 0.1) is 11.8 Å². The van der Waals surface area contributed by atoms with Gasteiger partial charge in [0.25, 0.3) is 0 Å². The molecule has 1 fully saturated rings. The van der Waals surface area contributed by atoms with Crippen molar-refractivity contribution in [3.8, 4) is 0 Å². The van der Waals surface area contributed by atoms with Gasteiger partial charge in [-0.3, -0.25) is 4.99 Å². The molecule has 1 heterocycles. The van der Waals surface area contributed by atoms with Crippen LogP contribution >= 0.6 is 11.8 Å². The molecule has 50 valence electrons. The van der Waals surface area contributed by atoms with E-state index in [-0.39, 0.29) is 0 Å². The Morgan fingerprint density at radius 3 is 3.00 bits per heavy atom. The molecule has 0 atom stereocenters. The Hall–Kier alpha value is -0.580. The van der Waals surface area contributed by atoms with Crippen molar-refractivity contribution in [2.45, 2.75) is 0 Å². The summed E-state index contributed by atoms with van der Waals surface area (Å²) < 4.78 is 0. The molecule has 0 N–H and O–H groups in total. The van der Waals surface area contributed by atoms with Crippen molar-refractivity contribution in [2.24, 2.45) is 10.3 Å². The van der Waals surface area contributed by atoms with Gasteiger partial charge in [-0.25, -0.2) is 5.01 Å². The maximum Gasteiger partial charge on any atom is 0.182 e. The lowest BCUT2D eigenvalue weighted by molar-refractivity contribution is 0.487. The summed E-state index contributed by atoms with van der Waals surface area (Å²) >= 11 is 1.56. The Morgan fingerprint density at radius 2 is 2.56 bits per heavy atom. The number of thioether (sulfide) groups is 1. The fourth-order valence-corrected chi connectivity index (χ4v) is 1.50. The average Bonchev–Trinajstić information content (AvgIpc) is 2.33. The number of amidine groups is 1. The molecule has 0 aromatic rings. The molecule has 9 heavy (non-hydrogen) atoms. The van der Waals surface area contributed by atoms with E-state index in [1.165, 1.54) is 5.01 Å². The largest absolute Gasteiger partial charge is 0.264 e. The second-order valence-corrected chi connectivity index (χ2v) is 2.62. The van der Waals surface area contributed by atoms with Gasteiger partial charge in [0.2, 0.25) is 0 Å². The van der Waals surface area contributed by atoms with Crippen molar-refractivity contribution in [2.75, 3.05) is 19.3 Å². The molecule has 1 aliphatic heterocycles. The van der Waals surface area contributed by atoms with Crippen molar-refractivity contribution in [3.63, 3.8) is 0 Å². The van der Waals surface area contributed by atoms with E-state index in [1.54, 1.807) is 18.8 Å². The minimum atomic E-state index is 0.695. The topological polar surface area (TPSA) is 45.0 Å². The zero-order valence-corrected chi connectivity index (χ0v) is 5.89. The lowest BCUT2D eigenvalue weighted by Crippen LogP contribution is -2.16. The number of nitrogens with zero attached hydrogens (tertiary/aromatic N) is 3. The highest BCUT2D eigenvalue weighted by Gasteiger charge is 2.18. The highest BCUT2D eigenvalue weighted by atomic mass is 32.2. The molecule has 0 aromatic heterocycles. The zero-order chi connectivity index (χ0) is 6.69. The molecule has 0 amide bonds. The average molecular weight is 145 g/mol. The van der Waals surface area contributed by atoms with Gasteiger partial charge >= 0.3 is 0 Å². The molecule has 0 bridgehead atoms. The Morgan fingerprint density at radius 1 is 1.78 bits per heavy atom. The normalized spacial score (nSPS) is 23.2. The van der Waals surface area contributed by atoms with Crippen LogP contribution in [-0.4, -0.2) is 29.5 Å². The lowest BCUT2D eigenvalue weighted by atomic mass is 10.7. The molecule has 5 heteroatoms. The molecule has 0 aromatic carbocycles. The predicted octanol–water partition coefficient (Wildman–Crippen LogP) is 0.702. The van der Waals surface area contributed by atoms with E-state index >= 15 is 0 Å². The number of hydrogen-bond donors (Lipinski definition) is 0. The summed E-state index contributed by atoms with van der Waals surface area (Å²) in [6.45, 7) is 0.695. The Kier molecular flexibility index (Phi) is 2.05. The van der Waals surface area contributed by atoms with E-state index in [9.17, 15) is 4.91 Å². The first-order chi connectivity index (χ1) is 4.38. The summed E-state index contributed by atoms with van der Waals surface area (Å²) in [6.07, 6.45) is 0. The van der Waals surface area contributed by atoms with Crippen LogP contribution in [0.2, 0.25) is 0 Å². The van der Waals surface area contributed by atoms with Crippen LogP contribution in [-0.2, 0) is 0 Å². The van der Waals surface area contributed by atoms with Crippen LogP contribution in [0.15, 0.2) is 10.3 Å². The van der Waals surface area contributed by atoms with Crippen molar-refractivity contribution in [1.82, 2.24) is 5.01 Å². The second-order valence-electron chi connectivity index (χ2n) is 1.56. The van der Waals surface area contributed by atoms with E-state index < -0.39 is 0 Å². The molecule has 1 aliphatic rings. The molecule has 0 unspecified atom stereocenters. The number of hydrogen-bond acceptors (Lipinski definition) is 4. The molecule has 1 rings (SSSR count). The first-order valence-electron chi connectivity index (χ1n) is 2.59. The van der Waals surface area contributed by atoms with Crippen LogP contribution < -0.4 is 0 Å². The summed E-state index contributed by atoms with van der Waals surface area (Å²) in [5.74, 6) is 0.915. The van der Waals surface area contributed by atoms with Crippen LogP contribution in [0.4, 0.5) is 0 Å². The Bertz CT molecular complexity index is 147. The summed E-state index contributed by atoms with van der Waals surface area (Å²) in [6, 6.07) is 0. The number of aliphatic imine (C=N–C) groups is 1. The molecule has 0 spiro atoms. The van der Waals surface area contributed by atoms with Gasteiger partial charge in [-0.1, -0.05) is 11.8 Å². The third kappa shape index (κ3) is 1.21. The van der Waals surface area contributed by atoms with Gasteiger partial charge in [-0.15, -0.1) is 4.91 Å². The predicted molar refractivity (Wildman–Crippen MR) is 38.3 cm³/mol. The summed E-state index contributed by atoms with van der Waals surface area (Å²) in [5.41, 5.74) is 0. The fraction of sp³-hybridized carbons (Fsp3) is 0.750. The van der Waals surface area contributed by atoms with Crippen LogP contribution in [0.1, 0.15) is 0 Å². The summed E-state index contributed by atoms with van der Waals surface area (Å²) in [4.78, 5) is 13.8. The summed E-state index contributed by atoms with van der Waals surface area (Å²) in [5, 5.41) is 4.86. The first-order valence-corrected chi connectivity index (χ1v) is 3.57. The van der Waals surface area contributed by atoms with Gasteiger partial charge in [-0.05, 0) is 0 Å². The van der Waals surface area contributed by atoms with E-state index in [0.717, 1.165) is 10.9 Å². The van der Waals surface area contributed by atoms with E-state index in [0.29, 0.717) is 6.54 Å². The van der Waals surface area contributed by atoms with Gasteiger partial charge in [0.1, 0.15) is 0 Å². The first kappa shape index (κ1) is 6.54. The van der Waals surface area contributed by atoms with Gasteiger partial charge < -0.3 is 0 Å². The zero-order valence-electron chi connectivity index (χ0n) is 5.07. The Labute approximate surface area is 57.3 Å². The van der Waals surface area contributed by atoms with Crippen molar-refractivity contribution >= 4 is 16.9 Å². The van der Waals surface area contributed by atoms with Crippen molar-refractivity contribution < 1.29 is 0 Å². The minimum Gasteiger partial charge on any atom is -0.264 e. The minimum absolute atomic E-state index is 0.695.